The van der Waals surface area contributed by atoms with E-state index in [0.29, 0.717) is 40.3 Å². The highest BCUT2D eigenvalue weighted by Gasteiger charge is 2.50. The molecule has 0 radical (unpaired) electrons. The summed E-state index contributed by atoms with van der Waals surface area (Å²) in [6, 6.07) is 14.1. The Balaban J connectivity index is 0.694. The molecule has 7 aromatic rings. The number of β-amino-alcohol motifs (C(OH)–C–C–N with tert-alkyl or cyclic N) is 1. The number of nitrogens with two attached hydrogens (primary N) is 1. The fourth-order valence-electron chi connectivity index (χ4n) is 13.0. The number of nitrogens with zero attached hydrogens (tertiary/aromatic N) is 12. The highest BCUT2D eigenvalue weighted by Crippen LogP contribution is 2.55. The van der Waals surface area contributed by atoms with E-state index in [-0.39, 0.29) is 48.0 Å². The molecule has 420 valence electrons. The number of aryl methyl sites for hydroxylation is 2. The Labute approximate surface area is 474 Å². The van der Waals surface area contributed by atoms with Crippen LogP contribution in [-0.2, 0) is 27.8 Å². The van der Waals surface area contributed by atoms with Crippen molar-refractivity contribution in [3.63, 3.8) is 0 Å². The van der Waals surface area contributed by atoms with Crippen LogP contribution in [0.2, 0.25) is 0 Å². The minimum atomic E-state index is -0.846. The molecule has 0 unspecified atom stereocenters. The van der Waals surface area contributed by atoms with Crippen molar-refractivity contribution in [3.05, 3.63) is 118 Å². The molecule has 21 heteroatoms. The molecule has 20 nitrogen and oxygen atoms in total. The Morgan fingerprint density at radius 3 is 2.52 bits per heavy atom. The van der Waals surface area contributed by atoms with E-state index in [1.807, 2.05) is 77.2 Å². The zero-order valence-electron chi connectivity index (χ0n) is 46.5. The predicted octanol–water partition coefficient (Wildman–Crippen LogP) is 8.61. The van der Waals surface area contributed by atoms with Gasteiger partial charge in [0, 0.05) is 64.9 Å². The van der Waals surface area contributed by atoms with Crippen molar-refractivity contribution in [2.45, 2.75) is 141 Å². The average molecular weight is 1110 g/mol. The number of carbonyl (C=O) groups is 2. The van der Waals surface area contributed by atoms with Gasteiger partial charge in [0.25, 0.3) is 0 Å². The Morgan fingerprint density at radius 2 is 1.79 bits per heavy atom. The highest BCUT2D eigenvalue weighted by molar-refractivity contribution is 7.16. The Kier molecular flexibility index (Phi) is 14.4. The van der Waals surface area contributed by atoms with E-state index in [9.17, 15) is 20.0 Å². The largest absolute Gasteiger partial charge is 0.477 e. The number of aromatic nitrogens is 9. The van der Waals surface area contributed by atoms with E-state index in [1.54, 1.807) is 29.3 Å². The van der Waals surface area contributed by atoms with Crippen LogP contribution in [0.5, 0.6) is 17.5 Å². The Bertz CT molecular complexity index is 3500. The lowest BCUT2D eigenvalue weighted by molar-refractivity contribution is -0.144. The van der Waals surface area contributed by atoms with Gasteiger partial charge < -0.3 is 40.0 Å². The van der Waals surface area contributed by atoms with Crippen LogP contribution in [0.1, 0.15) is 148 Å². The number of hydrogen-bond donors (Lipinski definition) is 3. The number of nitriles is 1. The third-order valence-corrected chi connectivity index (χ3v) is 18.4. The number of rotatable bonds is 15. The van der Waals surface area contributed by atoms with Gasteiger partial charge in [-0.25, -0.2) is 14.6 Å². The number of amides is 2. The number of ether oxygens (including phenoxy) is 2. The number of hydrogen-bond acceptors (Lipinski definition) is 18. The number of nitrogens with one attached hydrogen (secondary N) is 1. The van der Waals surface area contributed by atoms with E-state index in [0.717, 1.165) is 134 Å². The number of fused-ring (bicyclic) bond motifs is 4. The van der Waals surface area contributed by atoms with Gasteiger partial charge in [0.15, 0.2) is 23.0 Å². The Hall–Kier alpha value is -7.67. The SMILES string of the molecule is Cc1ncccc1-c1ccc([C@H](C)NC(=O)[C@@H]2C[C@@H](O)CN2C(=O)[C@@H](n2cc(C3CCN(CC4(COc5cc(Oc6cncnc6)nc(-c6noc7c6CCC[C@@]76CCCc7sc(N)c(C#N)c76)n5)CC4)CC3)nn2)C(C)(C)C)cc1. The summed E-state index contributed by atoms with van der Waals surface area (Å²) in [6.07, 6.45) is 16.4. The fourth-order valence-corrected chi connectivity index (χ4v) is 14.2. The van der Waals surface area contributed by atoms with Crippen molar-refractivity contribution in [1.82, 2.24) is 60.2 Å². The molecule has 2 saturated heterocycles. The minimum absolute atomic E-state index is 0.0500. The maximum Gasteiger partial charge on any atom is 0.248 e. The lowest BCUT2D eigenvalue weighted by Crippen LogP contribution is -2.50. The Morgan fingerprint density at radius 1 is 1.04 bits per heavy atom. The molecule has 1 saturated carbocycles. The van der Waals surface area contributed by atoms with Gasteiger partial charge in [-0.3, -0.25) is 14.6 Å². The van der Waals surface area contributed by atoms with Gasteiger partial charge in [-0.2, -0.15) is 15.2 Å². The number of pyridine rings is 1. The van der Waals surface area contributed by atoms with Gasteiger partial charge in [0.1, 0.15) is 29.5 Å². The van der Waals surface area contributed by atoms with Crippen LogP contribution in [0, 0.1) is 29.1 Å². The van der Waals surface area contributed by atoms with Crippen molar-refractivity contribution in [3.8, 4) is 46.2 Å². The number of thiophene rings is 1. The second kappa shape index (κ2) is 21.7. The fraction of sp³-hybridized carbons (Fsp3) is 0.483. The second-order valence-electron chi connectivity index (χ2n) is 24.0. The molecule has 0 bridgehead atoms. The summed E-state index contributed by atoms with van der Waals surface area (Å²) >= 11 is 1.51. The number of anilines is 1. The number of piperidine rings is 1. The van der Waals surface area contributed by atoms with Crippen molar-refractivity contribution < 1.29 is 28.7 Å². The first-order valence-electron chi connectivity index (χ1n) is 28.3. The van der Waals surface area contributed by atoms with Gasteiger partial charge in [-0.05, 0) is 119 Å². The smallest absolute Gasteiger partial charge is 0.248 e. The zero-order chi connectivity index (χ0) is 56.2. The van der Waals surface area contributed by atoms with Crippen LogP contribution in [-0.4, -0.2) is 117 Å². The second-order valence-corrected chi connectivity index (χ2v) is 25.2. The van der Waals surface area contributed by atoms with Crippen LogP contribution in [0.25, 0.3) is 22.6 Å². The third kappa shape index (κ3) is 10.6. The molecule has 3 aliphatic carbocycles. The standard InChI is InChI=1S/C60H68N14O6S/c1-35(37-12-14-38(15-13-37)42-10-8-22-65-36(42)2)66-56(76)46-25-40(75)30-73(46)57(77)52(58(3,4)5)74-31-45(69-71-74)39-16-23-72(24-17-39)32-59(20-21-59)33-78-48-26-49(79-41-28-63-34-64-29-41)68-55(67-48)51-43-9-6-18-60(53(43)80-70-51)19-7-11-47-50(60)44(27-61)54(62)81-47/h8,10,12-15,22,26,28-29,31,34-35,39-40,46,52,75H,6-7,9,11,16-21,23-25,30,32-33,62H2,1-5H3,(H,66,76)/t35-,40+,46-,52+,60-/m0/s1. The summed E-state index contributed by atoms with van der Waals surface area (Å²) < 4.78 is 20.8. The topological polar surface area (TPSA) is 262 Å². The van der Waals surface area contributed by atoms with E-state index < -0.39 is 29.0 Å². The van der Waals surface area contributed by atoms with E-state index >= 15 is 0 Å². The lowest BCUT2D eigenvalue weighted by atomic mass is 9.63. The monoisotopic (exact) mass is 1110 g/mol. The molecular weight excluding hydrogens is 1040 g/mol. The molecule has 1 spiro atoms. The van der Waals surface area contributed by atoms with Crippen LogP contribution < -0.4 is 20.5 Å². The molecule has 3 fully saturated rings. The maximum absolute atomic E-state index is 14.7. The van der Waals surface area contributed by atoms with Crippen molar-refractivity contribution in [2.75, 3.05) is 38.5 Å². The summed E-state index contributed by atoms with van der Waals surface area (Å²) in [5, 5.41) is 38.8. The normalized spacial score (nSPS) is 21.4. The van der Waals surface area contributed by atoms with E-state index in [2.05, 4.69) is 46.7 Å². The van der Waals surface area contributed by atoms with E-state index in [4.69, 9.17) is 29.7 Å². The van der Waals surface area contributed by atoms with Crippen molar-refractivity contribution in [2.24, 2.45) is 10.8 Å². The molecule has 2 amide bonds. The average Bonchev–Trinajstić information content (AvgIpc) is 3.91. The number of aliphatic hydroxyl groups excluding tert-OH is 1. The molecular formula is C60H68N14O6S. The van der Waals surface area contributed by atoms with E-state index in [1.165, 1.54) is 22.6 Å². The number of carbonyl (C=O) groups excluding carboxylic acids is 2. The number of nitrogen functional groups attached to an aromatic ring is 1. The first-order chi connectivity index (χ1) is 39.1. The number of benzene rings is 1. The summed E-state index contributed by atoms with van der Waals surface area (Å²) in [6.45, 7) is 12.9. The molecule has 2 aliphatic heterocycles. The van der Waals surface area contributed by atoms with Gasteiger partial charge in [-0.15, -0.1) is 16.4 Å². The van der Waals surface area contributed by atoms with Gasteiger partial charge in [0.2, 0.25) is 23.6 Å². The highest BCUT2D eigenvalue weighted by atomic mass is 32.1. The summed E-state index contributed by atoms with van der Waals surface area (Å²) in [4.78, 5) is 56.4. The van der Waals surface area contributed by atoms with Gasteiger partial charge >= 0.3 is 0 Å². The number of likely N-dealkylation sites (tertiary alicyclic amines) is 2. The van der Waals surface area contributed by atoms with Crippen LogP contribution in [0.15, 0.2) is 78.1 Å². The molecule has 81 heavy (non-hydrogen) atoms. The zero-order valence-corrected chi connectivity index (χ0v) is 47.3. The summed E-state index contributed by atoms with van der Waals surface area (Å²) in [5.74, 6) is 1.68. The summed E-state index contributed by atoms with van der Waals surface area (Å²) in [5.41, 5.74) is 13.1. The summed E-state index contributed by atoms with van der Waals surface area (Å²) in [7, 11) is 0. The van der Waals surface area contributed by atoms with Crippen molar-refractivity contribution in [1.29, 1.82) is 5.26 Å². The molecule has 1 aromatic carbocycles. The maximum atomic E-state index is 14.7. The first kappa shape index (κ1) is 53.9. The van der Waals surface area contributed by atoms with Crippen LogP contribution in [0.3, 0.4) is 0 Å². The first-order valence-corrected chi connectivity index (χ1v) is 29.1. The minimum Gasteiger partial charge on any atom is -0.477 e. The van der Waals surface area contributed by atoms with Crippen LogP contribution >= 0.6 is 11.3 Å². The molecule has 5 atom stereocenters. The third-order valence-electron chi connectivity index (χ3n) is 17.4. The molecule has 4 N–H and O–H groups in total. The quantitative estimate of drug-likeness (QED) is 0.0867. The number of aliphatic hydroxyl groups is 1. The molecule has 6 aromatic heterocycles. The van der Waals surface area contributed by atoms with Crippen molar-refractivity contribution >= 4 is 28.2 Å². The molecule has 8 heterocycles. The molecule has 12 rings (SSSR count). The lowest BCUT2D eigenvalue weighted by Gasteiger charge is -2.39. The molecule has 5 aliphatic rings. The predicted molar refractivity (Wildman–Crippen MR) is 301 cm³/mol. The van der Waals surface area contributed by atoms with Gasteiger partial charge in [-0.1, -0.05) is 61.5 Å². The van der Waals surface area contributed by atoms with Gasteiger partial charge in [0.05, 0.1) is 53.9 Å². The van der Waals surface area contributed by atoms with Crippen LogP contribution in [0.4, 0.5) is 5.00 Å².